The molecule has 7 nitrogen and oxygen atoms in total. The highest BCUT2D eigenvalue weighted by Gasteiger charge is 2.28. The number of carbonyl (C=O) groups is 1. The second-order valence-electron chi connectivity index (χ2n) is 6.23. The molecule has 2 aromatic heterocycles. The number of fused-ring (bicyclic) bond motifs is 1. The Morgan fingerprint density at radius 1 is 1.26 bits per heavy atom. The lowest BCUT2D eigenvalue weighted by molar-refractivity contribution is -0.135. The molecular weight excluding hydrogens is 373 g/mol. The van der Waals surface area contributed by atoms with E-state index in [0.717, 1.165) is 5.56 Å². The first kappa shape index (κ1) is 19.1. The highest BCUT2D eigenvalue weighted by atomic mass is 35.5. The van der Waals surface area contributed by atoms with E-state index in [0.29, 0.717) is 25.3 Å². The van der Waals surface area contributed by atoms with Gasteiger partial charge in [-0.3, -0.25) is 9.20 Å². The Morgan fingerprint density at radius 3 is 2.89 bits per heavy atom. The lowest BCUT2D eigenvalue weighted by Crippen LogP contribution is -2.50. The first-order valence-electron chi connectivity index (χ1n) is 8.43. The van der Waals surface area contributed by atoms with Crippen LogP contribution < -0.4 is 11.0 Å². The van der Waals surface area contributed by atoms with Crippen molar-refractivity contribution in [3.05, 3.63) is 70.5 Å². The lowest BCUT2D eigenvalue weighted by atomic mass is 10.0. The monoisotopic (exact) mass is 391 g/mol. The van der Waals surface area contributed by atoms with Crippen LogP contribution in [-0.4, -0.2) is 44.6 Å². The van der Waals surface area contributed by atoms with Crippen LogP contribution in [0.1, 0.15) is 11.6 Å². The second kappa shape index (κ2) is 7.89. The summed E-state index contributed by atoms with van der Waals surface area (Å²) in [5.41, 5.74) is 0.867. The molecule has 0 saturated carbocycles. The molecule has 3 heterocycles. The molecule has 1 aliphatic rings. The number of pyridine rings is 1. The van der Waals surface area contributed by atoms with Crippen LogP contribution in [0.2, 0.25) is 0 Å². The molecule has 4 rings (SSSR count). The first-order chi connectivity index (χ1) is 12.6. The van der Waals surface area contributed by atoms with Crippen molar-refractivity contribution in [3.63, 3.8) is 0 Å². The Balaban J connectivity index is 0.00000210. The van der Waals surface area contributed by atoms with Crippen LogP contribution >= 0.6 is 12.4 Å². The fourth-order valence-electron chi connectivity index (χ4n) is 3.30. The third-order valence-electron chi connectivity index (χ3n) is 4.57. The zero-order valence-corrected chi connectivity index (χ0v) is 15.2. The van der Waals surface area contributed by atoms with E-state index < -0.39 is 0 Å². The molecule has 0 aliphatic carbocycles. The van der Waals surface area contributed by atoms with E-state index in [9.17, 15) is 14.0 Å². The van der Waals surface area contributed by atoms with E-state index in [2.05, 4.69) is 10.4 Å². The summed E-state index contributed by atoms with van der Waals surface area (Å²) in [5, 5.41) is 7.43. The predicted molar refractivity (Wildman–Crippen MR) is 100 cm³/mol. The molecule has 1 fully saturated rings. The Kier molecular flexibility index (Phi) is 5.57. The average molecular weight is 392 g/mol. The van der Waals surface area contributed by atoms with Crippen LogP contribution in [0.4, 0.5) is 4.39 Å². The number of carbonyl (C=O) groups excluding carboxylic acids is 1. The van der Waals surface area contributed by atoms with E-state index in [4.69, 9.17) is 0 Å². The molecular formula is C18H19ClFN5O2. The van der Waals surface area contributed by atoms with Crippen molar-refractivity contribution in [2.24, 2.45) is 0 Å². The number of nitrogens with one attached hydrogen (secondary N) is 1. The maximum atomic E-state index is 13.6. The van der Waals surface area contributed by atoms with Gasteiger partial charge in [-0.2, -0.15) is 0 Å². The number of benzene rings is 1. The molecule has 1 N–H and O–H groups in total. The average Bonchev–Trinajstić information content (AvgIpc) is 2.98. The zero-order chi connectivity index (χ0) is 18.1. The Labute approximate surface area is 160 Å². The zero-order valence-electron chi connectivity index (χ0n) is 14.4. The molecule has 3 aromatic rings. The number of aromatic nitrogens is 3. The van der Waals surface area contributed by atoms with E-state index in [1.807, 2.05) is 0 Å². The molecule has 9 heteroatoms. The van der Waals surface area contributed by atoms with Crippen molar-refractivity contribution < 1.29 is 9.18 Å². The maximum absolute atomic E-state index is 13.6. The van der Waals surface area contributed by atoms with E-state index >= 15 is 0 Å². The molecule has 0 radical (unpaired) electrons. The normalized spacial score (nSPS) is 16.9. The van der Waals surface area contributed by atoms with Gasteiger partial charge in [-0.25, -0.2) is 13.9 Å². The Hall–Kier alpha value is -2.71. The van der Waals surface area contributed by atoms with Crippen LogP contribution in [0.15, 0.2) is 53.5 Å². The Bertz CT molecular complexity index is 1020. The van der Waals surface area contributed by atoms with Crippen LogP contribution in [-0.2, 0) is 11.3 Å². The highest BCUT2D eigenvalue weighted by molar-refractivity contribution is 5.85. The van der Waals surface area contributed by atoms with E-state index in [-0.39, 0.29) is 42.4 Å². The summed E-state index contributed by atoms with van der Waals surface area (Å²) in [7, 11) is 0. The lowest BCUT2D eigenvalue weighted by Gasteiger charge is -2.36. The van der Waals surface area contributed by atoms with Gasteiger partial charge in [0, 0.05) is 25.8 Å². The quantitative estimate of drug-likeness (QED) is 0.729. The van der Waals surface area contributed by atoms with Crippen molar-refractivity contribution in [1.82, 2.24) is 24.4 Å². The number of hydrogen-bond acceptors (Lipinski definition) is 4. The minimum absolute atomic E-state index is 0. The number of amides is 1. The third kappa shape index (κ3) is 3.72. The minimum atomic E-state index is -0.355. The predicted octanol–water partition coefficient (Wildman–Crippen LogP) is 1.23. The van der Waals surface area contributed by atoms with E-state index in [1.165, 1.54) is 21.2 Å². The fraction of sp³-hybridized carbons (Fsp3) is 0.278. The number of nitrogens with zero attached hydrogens (tertiary/aromatic N) is 4. The van der Waals surface area contributed by atoms with Crippen LogP contribution in [0.25, 0.3) is 5.65 Å². The van der Waals surface area contributed by atoms with Crippen molar-refractivity contribution in [2.75, 3.05) is 19.6 Å². The van der Waals surface area contributed by atoms with Crippen molar-refractivity contribution in [3.8, 4) is 0 Å². The summed E-state index contributed by atoms with van der Waals surface area (Å²) >= 11 is 0. The molecule has 0 bridgehead atoms. The van der Waals surface area contributed by atoms with Gasteiger partial charge in [-0.05, 0) is 29.8 Å². The van der Waals surface area contributed by atoms with Gasteiger partial charge in [-0.1, -0.05) is 18.2 Å². The molecule has 0 spiro atoms. The van der Waals surface area contributed by atoms with Crippen LogP contribution in [0, 0.1) is 5.82 Å². The van der Waals surface area contributed by atoms with Crippen molar-refractivity contribution >= 4 is 24.0 Å². The minimum Gasteiger partial charge on any atom is -0.331 e. The summed E-state index contributed by atoms with van der Waals surface area (Å²) in [6.07, 6.45) is 1.62. The van der Waals surface area contributed by atoms with Gasteiger partial charge in [-0.15, -0.1) is 17.5 Å². The van der Waals surface area contributed by atoms with Gasteiger partial charge in [0.15, 0.2) is 5.65 Å². The summed E-state index contributed by atoms with van der Waals surface area (Å²) in [6.45, 7) is 1.53. The summed E-state index contributed by atoms with van der Waals surface area (Å²) in [6, 6.07) is 11.2. The van der Waals surface area contributed by atoms with Crippen LogP contribution in [0.5, 0.6) is 0 Å². The van der Waals surface area contributed by atoms with Gasteiger partial charge < -0.3 is 10.2 Å². The summed E-state index contributed by atoms with van der Waals surface area (Å²) in [5.74, 6) is -0.552. The van der Waals surface area contributed by atoms with Gasteiger partial charge in [0.25, 0.3) is 0 Å². The highest BCUT2D eigenvalue weighted by Crippen LogP contribution is 2.23. The number of piperazine rings is 1. The number of rotatable bonds is 3. The largest absolute Gasteiger partial charge is 0.350 e. The molecule has 1 aromatic carbocycles. The SMILES string of the molecule is Cl.O=C(Cn1nc2ccccn2c1=O)N1CCNCC1c1cccc(F)c1. The van der Waals surface area contributed by atoms with Gasteiger partial charge in [0.1, 0.15) is 12.4 Å². The smallest absolute Gasteiger partial charge is 0.331 e. The van der Waals surface area contributed by atoms with Gasteiger partial charge in [0.2, 0.25) is 5.91 Å². The van der Waals surface area contributed by atoms with Crippen molar-refractivity contribution in [1.29, 1.82) is 0 Å². The number of halogens is 2. The topological polar surface area (TPSA) is 71.6 Å². The van der Waals surface area contributed by atoms with Crippen molar-refractivity contribution in [2.45, 2.75) is 12.6 Å². The van der Waals surface area contributed by atoms with Gasteiger partial charge >= 0.3 is 5.69 Å². The molecule has 27 heavy (non-hydrogen) atoms. The molecule has 1 saturated heterocycles. The first-order valence-corrected chi connectivity index (χ1v) is 8.43. The molecule has 1 aliphatic heterocycles. The van der Waals surface area contributed by atoms with Crippen LogP contribution in [0.3, 0.4) is 0 Å². The second-order valence-corrected chi connectivity index (χ2v) is 6.23. The molecule has 1 atom stereocenters. The molecule has 142 valence electrons. The standard InChI is InChI=1S/C18H18FN5O2.ClH/c19-14-5-3-4-13(10-14)15-11-20-7-9-22(15)17(25)12-24-18(26)23-8-2-1-6-16(23)21-24;/h1-6,8,10,15,20H,7,9,11-12H2;1H. The molecule has 1 unspecified atom stereocenters. The molecule has 1 amide bonds. The maximum Gasteiger partial charge on any atom is 0.350 e. The third-order valence-corrected chi connectivity index (χ3v) is 4.57. The fourth-order valence-corrected chi connectivity index (χ4v) is 3.30. The van der Waals surface area contributed by atoms with E-state index in [1.54, 1.807) is 41.4 Å². The van der Waals surface area contributed by atoms with Gasteiger partial charge in [0.05, 0.1) is 6.04 Å². The summed E-state index contributed by atoms with van der Waals surface area (Å²) < 4.78 is 16.2. The number of hydrogen-bond donors (Lipinski definition) is 1. The summed E-state index contributed by atoms with van der Waals surface area (Å²) in [4.78, 5) is 26.9. The Morgan fingerprint density at radius 2 is 2.11 bits per heavy atom.